The smallest absolute Gasteiger partial charge is 0.262 e. The molecule has 9 nitrogen and oxygen atoms in total. The highest BCUT2D eigenvalue weighted by molar-refractivity contribution is 7.92. The van der Waals surface area contributed by atoms with E-state index < -0.39 is 15.9 Å². The van der Waals surface area contributed by atoms with Crippen molar-refractivity contribution < 1.29 is 22.7 Å². The van der Waals surface area contributed by atoms with Crippen LogP contribution in [0.3, 0.4) is 0 Å². The largest absolute Gasteiger partial charge is 0.495 e. The van der Waals surface area contributed by atoms with Crippen LogP contribution in [0.2, 0.25) is 15.1 Å². The molecule has 0 spiro atoms. The van der Waals surface area contributed by atoms with Gasteiger partial charge in [-0.2, -0.15) is 0 Å². The monoisotopic (exact) mass is 696 g/mol. The van der Waals surface area contributed by atoms with Gasteiger partial charge in [0.25, 0.3) is 15.9 Å². The average molecular weight is 698 g/mol. The van der Waals surface area contributed by atoms with Gasteiger partial charge in [-0.3, -0.25) is 9.52 Å². The summed E-state index contributed by atoms with van der Waals surface area (Å²) in [5.74, 6) is -0.107. The number of morpholine rings is 1. The second-order valence-corrected chi connectivity index (χ2v) is 13.2. The van der Waals surface area contributed by atoms with Crippen molar-refractivity contribution >= 4 is 78.7 Å². The maximum atomic E-state index is 14.1. The molecule has 1 saturated heterocycles. The summed E-state index contributed by atoms with van der Waals surface area (Å²) in [6.45, 7) is 2.11. The SMILES string of the molecule is COc1ccccc1NS(=O)(=O)c1ccc(N2CCOCC2)c(NC(=O)c2cc(-c3ccc(Cl)c(Cl)c3Cl)nc3ccccc23)c1. The molecule has 0 bridgehead atoms. The first kappa shape index (κ1) is 31.9. The fourth-order valence-electron chi connectivity index (χ4n) is 5.21. The Hall–Kier alpha value is -4.06. The number of pyridine rings is 1. The normalized spacial score (nSPS) is 13.4. The standard InChI is InChI=1S/C33H27Cl3N4O5S/c1-44-30-9-5-4-8-26(30)39-46(42,43)20-10-13-29(40-14-16-45-17-15-40)28(18-20)38-33(41)23-19-27(37-25-7-3-2-6-21(23)25)22-11-12-24(34)32(36)31(22)35/h2-13,18-19,39H,14-17H2,1H3,(H,38,41). The minimum absolute atomic E-state index is 0.0476. The molecular weight excluding hydrogens is 671 g/mol. The van der Waals surface area contributed by atoms with E-state index in [9.17, 15) is 13.2 Å². The van der Waals surface area contributed by atoms with Crippen LogP contribution in [-0.4, -0.2) is 52.7 Å². The quantitative estimate of drug-likeness (QED) is 0.160. The zero-order valence-corrected chi connectivity index (χ0v) is 27.5. The molecule has 2 heterocycles. The topological polar surface area (TPSA) is 110 Å². The van der Waals surface area contributed by atoms with Crippen molar-refractivity contribution in [3.8, 4) is 17.0 Å². The van der Waals surface area contributed by atoms with Crippen molar-refractivity contribution in [1.29, 1.82) is 0 Å². The van der Waals surface area contributed by atoms with Gasteiger partial charge >= 0.3 is 0 Å². The lowest BCUT2D eigenvalue weighted by atomic mass is 10.0. The Kier molecular flexibility index (Phi) is 9.26. The van der Waals surface area contributed by atoms with Crippen LogP contribution in [0.5, 0.6) is 5.75 Å². The number of methoxy groups -OCH3 is 1. The Morgan fingerprint density at radius 2 is 1.63 bits per heavy atom. The van der Waals surface area contributed by atoms with Gasteiger partial charge in [-0.05, 0) is 54.6 Å². The van der Waals surface area contributed by atoms with E-state index >= 15 is 0 Å². The summed E-state index contributed by atoms with van der Waals surface area (Å²) in [5, 5.41) is 4.25. The number of rotatable bonds is 8. The van der Waals surface area contributed by atoms with Crippen LogP contribution >= 0.6 is 34.8 Å². The first-order valence-electron chi connectivity index (χ1n) is 14.1. The molecule has 46 heavy (non-hydrogen) atoms. The molecule has 0 radical (unpaired) electrons. The number of amides is 1. The fourth-order valence-corrected chi connectivity index (χ4v) is 6.94. The van der Waals surface area contributed by atoms with E-state index in [2.05, 4.69) is 10.0 Å². The number of aromatic nitrogens is 1. The zero-order chi connectivity index (χ0) is 32.4. The molecule has 1 fully saturated rings. The predicted molar refractivity (Wildman–Crippen MR) is 183 cm³/mol. The number of sulfonamides is 1. The van der Waals surface area contributed by atoms with Gasteiger partial charge in [0, 0.05) is 24.0 Å². The molecule has 6 rings (SSSR count). The van der Waals surface area contributed by atoms with Gasteiger partial charge in [-0.25, -0.2) is 13.4 Å². The first-order chi connectivity index (χ1) is 22.2. The second kappa shape index (κ2) is 13.4. The minimum atomic E-state index is -4.08. The summed E-state index contributed by atoms with van der Waals surface area (Å²) in [6.07, 6.45) is 0. The summed E-state index contributed by atoms with van der Waals surface area (Å²) >= 11 is 19.0. The average Bonchev–Trinajstić information content (AvgIpc) is 3.07. The number of halogens is 3. The Morgan fingerprint density at radius 1 is 0.891 bits per heavy atom. The maximum absolute atomic E-state index is 14.1. The lowest BCUT2D eigenvalue weighted by Gasteiger charge is -2.31. The van der Waals surface area contributed by atoms with Crippen LogP contribution in [0.1, 0.15) is 10.4 Å². The number of ether oxygens (including phenoxy) is 2. The van der Waals surface area contributed by atoms with Crippen molar-refractivity contribution in [1.82, 2.24) is 4.98 Å². The molecule has 236 valence electrons. The summed E-state index contributed by atoms with van der Waals surface area (Å²) in [7, 11) is -2.62. The highest BCUT2D eigenvalue weighted by Crippen LogP contribution is 2.39. The van der Waals surface area contributed by atoms with Crippen molar-refractivity contribution in [3.05, 3.63) is 106 Å². The van der Waals surface area contributed by atoms with Crippen LogP contribution in [0.25, 0.3) is 22.2 Å². The maximum Gasteiger partial charge on any atom is 0.262 e. The van der Waals surface area contributed by atoms with Crippen LogP contribution < -0.4 is 19.7 Å². The lowest BCUT2D eigenvalue weighted by molar-refractivity contribution is 0.102. The number of hydrogen-bond acceptors (Lipinski definition) is 7. The molecule has 1 aliphatic rings. The molecule has 13 heteroatoms. The van der Waals surface area contributed by atoms with Gasteiger partial charge < -0.3 is 19.7 Å². The number of anilines is 3. The molecule has 0 aliphatic carbocycles. The van der Waals surface area contributed by atoms with E-state index in [0.717, 1.165) is 0 Å². The van der Waals surface area contributed by atoms with E-state index in [1.165, 1.54) is 19.2 Å². The first-order valence-corrected chi connectivity index (χ1v) is 16.8. The van der Waals surface area contributed by atoms with Crippen LogP contribution in [0.15, 0.2) is 89.8 Å². The number of para-hydroxylation sites is 3. The van der Waals surface area contributed by atoms with Crippen LogP contribution in [0, 0.1) is 0 Å². The van der Waals surface area contributed by atoms with Crippen molar-refractivity contribution in [2.45, 2.75) is 4.90 Å². The Morgan fingerprint density at radius 3 is 2.41 bits per heavy atom. The van der Waals surface area contributed by atoms with Gasteiger partial charge in [0.05, 0.1) is 74.1 Å². The number of carbonyl (C=O) groups is 1. The van der Waals surface area contributed by atoms with E-state index in [1.54, 1.807) is 60.7 Å². The molecule has 1 amide bonds. The van der Waals surface area contributed by atoms with Crippen molar-refractivity contribution in [2.24, 2.45) is 0 Å². The summed E-state index contributed by atoms with van der Waals surface area (Å²) < 4.78 is 40.6. The van der Waals surface area contributed by atoms with Crippen LogP contribution in [0.4, 0.5) is 17.1 Å². The third-order valence-electron chi connectivity index (χ3n) is 7.50. The Bertz CT molecular complexity index is 2070. The third kappa shape index (κ3) is 6.44. The zero-order valence-electron chi connectivity index (χ0n) is 24.4. The van der Waals surface area contributed by atoms with Crippen molar-refractivity contribution in [3.63, 3.8) is 0 Å². The van der Waals surface area contributed by atoms with E-state index in [-0.39, 0.29) is 20.6 Å². The minimum Gasteiger partial charge on any atom is -0.495 e. The molecule has 2 N–H and O–H groups in total. The highest BCUT2D eigenvalue weighted by atomic mass is 35.5. The molecule has 5 aromatic rings. The van der Waals surface area contributed by atoms with E-state index in [1.807, 2.05) is 17.0 Å². The van der Waals surface area contributed by atoms with Gasteiger partial charge in [-0.15, -0.1) is 0 Å². The number of benzene rings is 4. The molecule has 1 aliphatic heterocycles. The molecule has 0 atom stereocenters. The Labute approximate surface area is 281 Å². The third-order valence-corrected chi connectivity index (χ3v) is 10.2. The molecule has 0 unspecified atom stereocenters. The second-order valence-electron chi connectivity index (χ2n) is 10.3. The molecular formula is C33H27Cl3N4O5S. The van der Waals surface area contributed by atoms with Gasteiger partial charge in [0.1, 0.15) is 5.75 Å². The number of nitrogens with zero attached hydrogens (tertiary/aromatic N) is 2. The molecule has 1 aromatic heterocycles. The highest BCUT2D eigenvalue weighted by Gasteiger charge is 2.24. The van der Waals surface area contributed by atoms with Crippen molar-refractivity contribution in [2.75, 3.05) is 48.4 Å². The van der Waals surface area contributed by atoms with Gasteiger partial charge in [-0.1, -0.05) is 65.1 Å². The van der Waals surface area contributed by atoms with Gasteiger partial charge in [0.2, 0.25) is 0 Å². The predicted octanol–water partition coefficient (Wildman–Crippen LogP) is 7.76. The number of hydrogen-bond donors (Lipinski definition) is 2. The number of fused-ring (bicyclic) bond motifs is 1. The number of nitrogens with one attached hydrogen (secondary N) is 2. The number of carbonyl (C=O) groups excluding carboxylic acids is 1. The van der Waals surface area contributed by atoms with E-state index in [0.29, 0.717) is 76.2 Å². The molecule has 0 saturated carbocycles. The summed E-state index contributed by atoms with van der Waals surface area (Å²) in [6, 6.07) is 23.5. The lowest BCUT2D eigenvalue weighted by Crippen LogP contribution is -2.36. The summed E-state index contributed by atoms with van der Waals surface area (Å²) in [4.78, 5) is 20.9. The summed E-state index contributed by atoms with van der Waals surface area (Å²) in [5.41, 5.74) is 3.01. The van der Waals surface area contributed by atoms with E-state index in [4.69, 9.17) is 49.3 Å². The molecule has 4 aromatic carbocycles. The fraction of sp³-hybridized carbons (Fsp3) is 0.152. The van der Waals surface area contributed by atoms with Crippen LogP contribution in [-0.2, 0) is 14.8 Å². The van der Waals surface area contributed by atoms with Gasteiger partial charge in [0.15, 0.2) is 0 Å². The Balaban J connectivity index is 1.42.